The van der Waals surface area contributed by atoms with Crippen LogP contribution < -0.4 is 4.90 Å². The van der Waals surface area contributed by atoms with Gasteiger partial charge in [0.1, 0.15) is 16.8 Å². The van der Waals surface area contributed by atoms with Crippen LogP contribution in [0.2, 0.25) is 0 Å². The maximum absolute atomic E-state index is 13.4. The van der Waals surface area contributed by atoms with Crippen LogP contribution in [0.4, 0.5) is 5.13 Å². The van der Waals surface area contributed by atoms with Gasteiger partial charge < -0.3 is 9.52 Å². The topological polar surface area (TPSA) is 86.9 Å². The molecule has 1 aromatic carbocycles. The molecule has 0 bridgehead atoms. The number of nitrogens with zero attached hydrogens (tertiary/aromatic N) is 3. The lowest BCUT2D eigenvalue weighted by molar-refractivity contribution is -0.154. The van der Waals surface area contributed by atoms with Gasteiger partial charge in [0.05, 0.1) is 4.88 Å². The van der Waals surface area contributed by atoms with Crippen molar-refractivity contribution in [3.8, 4) is 11.5 Å². The zero-order chi connectivity index (χ0) is 25.1. The van der Waals surface area contributed by atoms with Crippen LogP contribution >= 0.6 is 22.7 Å². The average molecular weight is 524 g/mol. The predicted molar refractivity (Wildman–Crippen MR) is 144 cm³/mol. The molecule has 1 aliphatic rings. The van der Waals surface area contributed by atoms with E-state index in [4.69, 9.17) is 9.40 Å². The average Bonchev–Trinajstić information content (AvgIpc) is 3.66. The molecule has 0 radical (unpaired) electrons. The molecule has 1 fully saturated rings. The summed E-state index contributed by atoms with van der Waals surface area (Å²) in [5.74, 6) is -0.162. The Bertz CT molecular complexity index is 1310. The van der Waals surface area contributed by atoms with Crippen molar-refractivity contribution in [2.45, 2.75) is 44.6 Å². The quantitative estimate of drug-likeness (QED) is 0.274. The number of aliphatic carboxylic acids is 1. The molecule has 3 aromatic heterocycles. The van der Waals surface area contributed by atoms with Gasteiger partial charge in [-0.3, -0.25) is 19.4 Å². The maximum Gasteiger partial charge on any atom is 0.324 e. The van der Waals surface area contributed by atoms with E-state index in [1.54, 1.807) is 4.90 Å². The fourth-order valence-corrected chi connectivity index (χ4v) is 6.57. The first-order chi connectivity index (χ1) is 17.5. The first kappa shape index (κ1) is 24.7. The zero-order valence-electron chi connectivity index (χ0n) is 20.2. The van der Waals surface area contributed by atoms with E-state index in [-0.39, 0.29) is 5.91 Å². The number of likely N-dealkylation sites (tertiary alicyclic amines) is 1. The highest BCUT2D eigenvalue weighted by molar-refractivity contribution is 7.14. The number of carbonyl (C=O) groups is 2. The summed E-state index contributed by atoms with van der Waals surface area (Å²) in [6.45, 7) is 3.80. The number of para-hydroxylation sites is 1. The van der Waals surface area contributed by atoms with Crippen LogP contribution in [0.25, 0.3) is 22.4 Å². The van der Waals surface area contributed by atoms with Crippen LogP contribution in [0.15, 0.2) is 57.6 Å². The van der Waals surface area contributed by atoms with Gasteiger partial charge in [-0.05, 0) is 62.2 Å². The number of carboxylic acid groups (broad SMARTS) is 1. The molecule has 7 nitrogen and oxygen atoms in total. The summed E-state index contributed by atoms with van der Waals surface area (Å²) in [5.41, 5.74) is 0.686. The number of fused-ring (bicyclic) bond motifs is 1. The first-order valence-electron chi connectivity index (χ1n) is 12.3. The number of hydrogen-bond donors (Lipinski definition) is 1. The zero-order valence-corrected chi connectivity index (χ0v) is 21.8. The number of rotatable bonds is 9. The van der Waals surface area contributed by atoms with E-state index < -0.39 is 11.5 Å². The summed E-state index contributed by atoms with van der Waals surface area (Å²) in [5, 5.41) is 15.4. The van der Waals surface area contributed by atoms with Gasteiger partial charge in [-0.2, -0.15) is 0 Å². The van der Waals surface area contributed by atoms with Crippen LogP contribution in [-0.4, -0.2) is 52.0 Å². The van der Waals surface area contributed by atoms with Crippen LogP contribution in [-0.2, 0) is 4.79 Å². The third kappa shape index (κ3) is 4.70. The van der Waals surface area contributed by atoms with Gasteiger partial charge in [-0.25, -0.2) is 4.98 Å². The lowest BCUT2D eigenvalue weighted by Gasteiger charge is -2.44. The monoisotopic (exact) mass is 523 g/mol. The van der Waals surface area contributed by atoms with Gasteiger partial charge in [0.15, 0.2) is 10.9 Å². The molecule has 1 aliphatic heterocycles. The largest absolute Gasteiger partial charge is 0.480 e. The van der Waals surface area contributed by atoms with Crippen molar-refractivity contribution in [1.29, 1.82) is 0 Å². The van der Waals surface area contributed by atoms with Gasteiger partial charge in [0.25, 0.3) is 5.91 Å². The third-order valence-electron chi connectivity index (χ3n) is 7.04. The molecule has 1 amide bonds. The van der Waals surface area contributed by atoms with Gasteiger partial charge in [-0.1, -0.05) is 31.2 Å². The summed E-state index contributed by atoms with van der Waals surface area (Å²) in [4.78, 5) is 34.9. The van der Waals surface area contributed by atoms with Crippen molar-refractivity contribution in [3.63, 3.8) is 0 Å². The van der Waals surface area contributed by atoms with Crippen LogP contribution in [0.1, 0.15) is 48.7 Å². The molecular weight excluding hydrogens is 494 g/mol. The fraction of sp³-hybridized carbons (Fsp3) is 0.370. The lowest BCUT2D eigenvalue weighted by Crippen LogP contribution is -2.57. The molecule has 1 saturated heterocycles. The third-order valence-corrected chi connectivity index (χ3v) is 8.77. The minimum Gasteiger partial charge on any atom is -0.480 e. The molecule has 4 heterocycles. The minimum atomic E-state index is -0.809. The van der Waals surface area contributed by atoms with Crippen LogP contribution in [0.5, 0.6) is 0 Å². The predicted octanol–water partition coefficient (Wildman–Crippen LogP) is 6.37. The lowest BCUT2D eigenvalue weighted by atomic mass is 9.84. The Labute approximate surface area is 218 Å². The summed E-state index contributed by atoms with van der Waals surface area (Å²) in [6.07, 6.45) is 3.84. The number of thiazole rings is 1. The highest BCUT2D eigenvalue weighted by atomic mass is 32.1. The number of aromatic nitrogens is 1. The molecular formula is C27H29N3O4S2. The highest BCUT2D eigenvalue weighted by Crippen LogP contribution is 2.34. The van der Waals surface area contributed by atoms with E-state index in [9.17, 15) is 14.7 Å². The minimum absolute atomic E-state index is 0.0888. The number of amides is 1. The van der Waals surface area contributed by atoms with Gasteiger partial charge in [-0.15, -0.1) is 22.7 Å². The summed E-state index contributed by atoms with van der Waals surface area (Å²) in [6, 6.07) is 13.5. The van der Waals surface area contributed by atoms with Gasteiger partial charge in [0.2, 0.25) is 0 Å². The van der Waals surface area contributed by atoms with Crippen molar-refractivity contribution >= 4 is 50.7 Å². The number of thiophene rings is 1. The smallest absolute Gasteiger partial charge is 0.324 e. The highest BCUT2D eigenvalue weighted by Gasteiger charge is 2.43. The van der Waals surface area contributed by atoms with Gasteiger partial charge in [0, 0.05) is 23.9 Å². The van der Waals surface area contributed by atoms with Crippen molar-refractivity contribution in [2.75, 3.05) is 24.5 Å². The first-order valence-corrected chi connectivity index (χ1v) is 14.1. The molecule has 5 rings (SSSR count). The Balaban J connectivity index is 1.36. The molecule has 9 heteroatoms. The summed E-state index contributed by atoms with van der Waals surface area (Å²) >= 11 is 2.82. The molecule has 0 aliphatic carbocycles. The Hall–Kier alpha value is -3.01. The number of carbonyl (C=O) groups excluding carboxylic acids is 1. The van der Waals surface area contributed by atoms with Crippen molar-refractivity contribution in [3.05, 3.63) is 58.1 Å². The van der Waals surface area contributed by atoms with Crippen LogP contribution in [0, 0.1) is 0 Å². The number of anilines is 1. The van der Waals surface area contributed by atoms with E-state index in [1.807, 2.05) is 60.1 Å². The molecule has 4 aromatic rings. The van der Waals surface area contributed by atoms with Crippen molar-refractivity contribution in [2.24, 2.45) is 0 Å². The standard InChI is InChI=1S/C27H29N3O4S2/c1-2-27(25(32)33)12-5-6-13-29(27)14-8-15-30(24(31)23-11-7-16-35-23)26-28-20(18-36-26)22-17-19-9-3-4-10-21(19)34-22/h3-4,7,9-11,16-18H,2,5-6,8,12-15H2,1H3,(H,32,33). The number of hydrogen-bond acceptors (Lipinski definition) is 7. The number of benzene rings is 1. The number of piperidine rings is 1. The maximum atomic E-state index is 13.4. The van der Waals surface area contributed by atoms with Crippen molar-refractivity contribution < 1.29 is 19.1 Å². The summed E-state index contributed by atoms with van der Waals surface area (Å²) in [7, 11) is 0. The Kier molecular flexibility index (Phi) is 7.22. The molecule has 0 spiro atoms. The van der Waals surface area contributed by atoms with E-state index in [0.29, 0.717) is 53.8 Å². The van der Waals surface area contributed by atoms with E-state index in [1.165, 1.54) is 22.7 Å². The van der Waals surface area contributed by atoms with E-state index in [0.717, 1.165) is 30.4 Å². The SMILES string of the molecule is CCC1(C(=O)O)CCCCN1CCCN(C(=O)c1cccs1)c1nc(-c2cc3ccccc3o2)cs1. The molecule has 188 valence electrons. The second-order valence-corrected chi connectivity index (χ2v) is 10.9. The Morgan fingerprint density at radius 3 is 2.81 bits per heavy atom. The molecule has 1 unspecified atom stereocenters. The molecule has 36 heavy (non-hydrogen) atoms. The van der Waals surface area contributed by atoms with E-state index >= 15 is 0 Å². The second kappa shape index (κ2) is 10.5. The normalized spacial score (nSPS) is 18.5. The molecule has 0 saturated carbocycles. The second-order valence-electron chi connectivity index (χ2n) is 9.09. The fourth-order valence-electron chi connectivity index (χ4n) is 5.06. The summed E-state index contributed by atoms with van der Waals surface area (Å²) < 4.78 is 5.98. The number of furan rings is 1. The van der Waals surface area contributed by atoms with Crippen molar-refractivity contribution in [1.82, 2.24) is 9.88 Å². The van der Waals surface area contributed by atoms with Gasteiger partial charge >= 0.3 is 5.97 Å². The molecule has 1 atom stereocenters. The number of carboxylic acids is 1. The molecule has 1 N–H and O–H groups in total. The Morgan fingerprint density at radius 2 is 2.06 bits per heavy atom. The van der Waals surface area contributed by atoms with Crippen LogP contribution in [0.3, 0.4) is 0 Å². The van der Waals surface area contributed by atoms with E-state index in [2.05, 4.69) is 4.90 Å². The Morgan fingerprint density at radius 1 is 1.19 bits per heavy atom.